The lowest BCUT2D eigenvalue weighted by Crippen LogP contribution is -2.02. The van der Waals surface area contributed by atoms with Crippen LogP contribution in [-0.2, 0) is 6.54 Å². The van der Waals surface area contributed by atoms with Gasteiger partial charge < -0.3 is 10.1 Å². The van der Waals surface area contributed by atoms with Crippen molar-refractivity contribution in [3.63, 3.8) is 0 Å². The van der Waals surface area contributed by atoms with Crippen LogP contribution in [0.15, 0.2) is 36.4 Å². The molecular formula is C17H17FN2O. The average Bonchev–Trinajstić information content (AvgIpc) is 2.48. The molecule has 0 radical (unpaired) electrons. The monoisotopic (exact) mass is 284 g/mol. The second kappa shape index (κ2) is 6.76. The van der Waals surface area contributed by atoms with Crippen LogP contribution in [0.25, 0.3) is 0 Å². The first-order valence-electron chi connectivity index (χ1n) is 6.80. The Morgan fingerprint density at radius 3 is 2.71 bits per heavy atom. The second-order valence-corrected chi connectivity index (χ2v) is 4.69. The molecule has 21 heavy (non-hydrogen) atoms. The number of anilines is 1. The number of aryl methyl sites for hydroxylation is 1. The van der Waals surface area contributed by atoms with Gasteiger partial charge >= 0.3 is 0 Å². The van der Waals surface area contributed by atoms with Gasteiger partial charge in [0.15, 0.2) is 0 Å². The molecule has 0 saturated carbocycles. The third-order valence-corrected chi connectivity index (χ3v) is 3.14. The number of rotatable bonds is 5. The third-order valence-electron chi connectivity index (χ3n) is 3.14. The Morgan fingerprint density at radius 2 is 2.05 bits per heavy atom. The molecule has 0 amide bonds. The summed E-state index contributed by atoms with van der Waals surface area (Å²) in [5.41, 5.74) is 2.99. The lowest BCUT2D eigenvalue weighted by Gasteiger charge is -2.12. The highest BCUT2D eigenvalue weighted by atomic mass is 19.1. The molecule has 0 aliphatic heterocycles. The van der Waals surface area contributed by atoms with Gasteiger partial charge in [-0.25, -0.2) is 4.39 Å². The fourth-order valence-electron chi connectivity index (χ4n) is 2.06. The van der Waals surface area contributed by atoms with E-state index in [1.54, 1.807) is 12.1 Å². The Kier molecular flexibility index (Phi) is 4.78. The Labute approximate surface area is 124 Å². The van der Waals surface area contributed by atoms with E-state index in [1.807, 2.05) is 38.1 Å². The summed E-state index contributed by atoms with van der Waals surface area (Å²) in [7, 11) is 0. The lowest BCUT2D eigenvalue weighted by atomic mass is 10.1. The van der Waals surface area contributed by atoms with Crippen molar-refractivity contribution in [3.8, 4) is 11.8 Å². The molecule has 2 aromatic rings. The number of benzene rings is 2. The highest BCUT2D eigenvalue weighted by molar-refractivity contribution is 5.54. The van der Waals surface area contributed by atoms with Gasteiger partial charge in [0.1, 0.15) is 17.6 Å². The number of halogens is 1. The van der Waals surface area contributed by atoms with Crippen LogP contribution < -0.4 is 10.1 Å². The molecular weight excluding hydrogens is 267 g/mol. The molecule has 1 N–H and O–H groups in total. The standard InChI is InChI=1S/C17H17FN2O/c1-3-21-15-5-7-17(12(2)8-15)20-11-13-4-6-16(18)14(9-13)10-19/h4-9,20H,3,11H2,1-2H3. The van der Waals surface area contributed by atoms with Crippen molar-refractivity contribution < 1.29 is 9.13 Å². The molecule has 0 aromatic heterocycles. The molecule has 0 atom stereocenters. The Bertz CT molecular complexity index is 677. The molecule has 0 unspecified atom stereocenters. The summed E-state index contributed by atoms with van der Waals surface area (Å²) >= 11 is 0. The van der Waals surface area contributed by atoms with Gasteiger partial charge in [0.2, 0.25) is 0 Å². The van der Waals surface area contributed by atoms with Crippen molar-refractivity contribution in [3.05, 3.63) is 58.9 Å². The van der Waals surface area contributed by atoms with E-state index in [9.17, 15) is 4.39 Å². The van der Waals surface area contributed by atoms with Crippen molar-refractivity contribution in [2.75, 3.05) is 11.9 Å². The first kappa shape index (κ1) is 14.9. The van der Waals surface area contributed by atoms with E-state index in [0.29, 0.717) is 13.2 Å². The Hall–Kier alpha value is -2.54. The highest BCUT2D eigenvalue weighted by Gasteiger charge is 2.04. The zero-order chi connectivity index (χ0) is 15.2. The molecule has 0 heterocycles. The van der Waals surface area contributed by atoms with E-state index in [2.05, 4.69) is 5.32 Å². The third kappa shape index (κ3) is 3.73. The Balaban J connectivity index is 2.08. The number of nitriles is 1. The van der Waals surface area contributed by atoms with Crippen molar-refractivity contribution >= 4 is 5.69 Å². The molecule has 2 aromatic carbocycles. The fourth-order valence-corrected chi connectivity index (χ4v) is 2.06. The predicted octanol–water partition coefficient (Wildman–Crippen LogP) is 4.02. The van der Waals surface area contributed by atoms with Crippen LogP contribution in [0.3, 0.4) is 0 Å². The molecule has 4 heteroatoms. The minimum Gasteiger partial charge on any atom is -0.494 e. The maximum atomic E-state index is 13.3. The maximum Gasteiger partial charge on any atom is 0.140 e. The first-order chi connectivity index (χ1) is 10.1. The van der Waals surface area contributed by atoms with E-state index in [1.165, 1.54) is 6.07 Å². The molecule has 2 rings (SSSR count). The summed E-state index contributed by atoms with van der Waals surface area (Å²) in [4.78, 5) is 0. The maximum absolute atomic E-state index is 13.3. The summed E-state index contributed by atoms with van der Waals surface area (Å²) in [5.74, 6) is 0.354. The minimum absolute atomic E-state index is 0.0673. The summed E-state index contributed by atoms with van der Waals surface area (Å²) in [6, 6.07) is 12.2. The van der Waals surface area contributed by atoms with Crippen molar-refractivity contribution in [1.29, 1.82) is 5.26 Å². The summed E-state index contributed by atoms with van der Waals surface area (Å²) in [5, 5.41) is 12.1. The van der Waals surface area contributed by atoms with E-state index >= 15 is 0 Å². The van der Waals surface area contributed by atoms with Gasteiger partial charge in [-0.2, -0.15) is 5.26 Å². The van der Waals surface area contributed by atoms with Crippen LogP contribution >= 0.6 is 0 Å². The zero-order valence-corrected chi connectivity index (χ0v) is 12.1. The van der Waals surface area contributed by atoms with Crippen LogP contribution in [0.5, 0.6) is 5.75 Å². The summed E-state index contributed by atoms with van der Waals surface area (Å²) < 4.78 is 18.7. The number of nitrogens with zero attached hydrogens (tertiary/aromatic N) is 1. The quantitative estimate of drug-likeness (QED) is 0.902. The SMILES string of the molecule is CCOc1ccc(NCc2ccc(F)c(C#N)c2)c(C)c1. The molecule has 108 valence electrons. The van der Waals surface area contributed by atoms with Crippen LogP contribution in [0.1, 0.15) is 23.6 Å². The fraction of sp³-hybridized carbons (Fsp3) is 0.235. The first-order valence-corrected chi connectivity index (χ1v) is 6.80. The van der Waals surface area contributed by atoms with E-state index in [4.69, 9.17) is 10.00 Å². The normalized spacial score (nSPS) is 10.0. The van der Waals surface area contributed by atoms with E-state index in [0.717, 1.165) is 22.6 Å². The van der Waals surface area contributed by atoms with Crippen LogP contribution in [-0.4, -0.2) is 6.61 Å². The van der Waals surface area contributed by atoms with Crippen molar-refractivity contribution in [1.82, 2.24) is 0 Å². The number of nitrogens with one attached hydrogen (secondary N) is 1. The Morgan fingerprint density at radius 1 is 1.24 bits per heavy atom. The second-order valence-electron chi connectivity index (χ2n) is 4.69. The van der Waals surface area contributed by atoms with E-state index < -0.39 is 5.82 Å². The average molecular weight is 284 g/mol. The molecule has 3 nitrogen and oxygen atoms in total. The molecule has 0 aliphatic carbocycles. The largest absolute Gasteiger partial charge is 0.494 e. The minimum atomic E-state index is -0.488. The molecule has 0 bridgehead atoms. The van der Waals surface area contributed by atoms with Gasteiger partial charge in [-0.15, -0.1) is 0 Å². The van der Waals surface area contributed by atoms with Crippen LogP contribution in [0, 0.1) is 24.1 Å². The molecule has 0 fully saturated rings. The number of hydrogen-bond donors (Lipinski definition) is 1. The van der Waals surface area contributed by atoms with Crippen molar-refractivity contribution in [2.24, 2.45) is 0 Å². The smallest absolute Gasteiger partial charge is 0.140 e. The van der Waals surface area contributed by atoms with Gasteiger partial charge in [0.05, 0.1) is 12.2 Å². The van der Waals surface area contributed by atoms with Crippen molar-refractivity contribution in [2.45, 2.75) is 20.4 Å². The number of hydrogen-bond acceptors (Lipinski definition) is 3. The molecule has 0 aliphatic rings. The van der Waals surface area contributed by atoms with Gasteiger partial charge in [-0.1, -0.05) is 6.07 Å². The number of ether oxygens (including phenoxy) is 1. The molecule has 0 spiro atoms. The van der Waals surface area contributed by atoms with Gasteiger partial charge in [0, 0.05) is 12.2 Å². The van der Waals surface area contributed by atoms with Gasteiger partial charge in [0.25, 0.3) is 0 Å². The lowest BCUT2D eigenvalue weighted by molar-refractivity contribution is 0.340. The predicted molar refractivity (Wildman–Crippen MR) is 80.8 cm³/mol. The summed E-state index contributed by atoms with van der Waals surface area (Å²) in [6.45, 7) is 5.11. The van der Waals surface area contributed by atoms with Gasteiger partial charge in [-0.05, 0) is 55.3 Å². The topological polar surface area (TPSA) is 45.0 Å². The van der Waals surface area contributed by atoms with Crippen LogP contribution in [0.4, 0.5) is 10.1 Å². The van der Waals surface area contributed by atoms with Crippen LogP contribution in [0.2, 0.25) is 0 Å². The summed E-state index contributed by atoms with van der Waals surface area (Å²) in [6.07, 6.45) is 0. The van der Waals surface area contributed by atoms with E-state index in [-0.39, 0.29) is 5.56 Å². The highest BCUT2D eigenvalue weighted by Crippen LogP contribution is 2.22. The van der Waals surface area contributed by atoms with Gasteiger partial charge in [-0.3, -0.25) is 0 Å². The zero-order valence-electron chi connectivity index (χ0n) is 12.1. The molecule has 0 saturated heterocycles.